The van der Waals surface area contributed by atoms with E-state index in [1.54, 1.807) is 11.3 Å². The van der Waals surface area contributed by atoms with Crippen LogP contribution in [0.1, 0.15) is 5.56 Å². The van der Waals surface area contributed by atoms with Gasteiger partial charge in [0.25, 0.3) is 0 Å². The third-order valence-corrected chi connectivity index (χ3v) is 5.26. The van der Waals surface area contributed by atoms with Gasteiger partial charge in [0, 0.05) is 16.0 Å². The summed E-state index contributed by atoms with van der Waals surface area (Å²) in [5.41, 5.74) is 1.16. The van der Waals surface area contributed by atoms with E-state index in [4.69, 9.17) is 23.2 Å². The summed E-state index contributed by atoms with van der Waals surface area (Å²) < 4.78 is 3.19. The molecule has 0 saturated carbocycles. The fraction of sp³-hybridized carbons (Fsp3) is 0.111. The molecular weight excluding hydrogens is 338 g/mol. The van der Waals surface area contributed by atoms with Crippen LogP contribution in [0, 0.1) is 3.57 Å². The Morgan fingerprint density at radius 1 is 1.38 bits per heavy atom. The van der Waals surface area contributed by atoms with E-state index < -0.39 is 0 Å². The Hall–Kier alpha value is 0.490. The van der Waals surface area contributed by atoms with Gasteiger partial charge in [-0.25, -0.2) is 0 Å². The molecule has 0 aliphatic heterocycles. The van der Waals surface area contributed by atoms with E-state index in [0.717, 1.165) is 13.5 Å². The lowest BCUT2D eigenvalue weighted by Crippen LogP contribution is -1.79. The molecule has 0 nitrogen and oxygen atoms in total. The number of hydrogen-bond acceptors (Lipinski definition) is 1. The van der Waals surface area contributed by atoms with Gasteiger partial charge < -0.3 is 0 Å². The first-order valence-electron chi connectivity index (χ1n) is 3.65. The van der Waals surface area contributed by atoms with Crippen LogP contribution in [0.3, 0.4) is 0 Å². The van der Waals surface area contributed by atoms with Gasteiger partial charge in [0.1, 0.15) is 4.34 Å². The maximum absolute atomic E-state index is 6.05. The second-order valence-corrected chi connectivity index (χ2v) is 5.61. The number of halogens is 3. The van der Waals surface area contributed by atoms with Gasteiger partial charge in [-0.1, -0.05) is 23.7 Å². The van der Waals surface area contributed by atoms with Crippen molar-refractivity contribution in [3.05, 3.63) is 31.7 Å². The Morgan fingerprint density at radius 3 is 2.85 bits per heavy atom. The van der Waals surface area contributed by atoms with Gasteiger partial charge in [0.05, 0.1) is 3.57 Å². The molecule has 0 spiro atoms. The highest BCUT2D eigenvalue weighted by Gasteiger charge is 2.10. The molecule has 0 aliphatic carbocycles. The summed E-state index contributed by atoms with van der Waals surface area (Å²) in [5.74, 6) is 0.542. The fourth-order valence-corrected chi connectivity index (χ4v) is 3.85. The highest BCUT2D eigenvalue weighted by molar-refractivity contribution is 14.1. The van der Waals surface area contributed by atoms with E-state index in [1.165, 1.54) is 10.1 Å². The van der Waals surface area contributed by atoms with E-state index in [2.05, 4.69) is 28.7 Å². The molecule has 1 aromatic heterocycles. The van der Waals surface area contributed by atoms with Crippen LogP contribution < -0.4 is 0 Å². The molecular formula is C9H5Cl2IS. The number of rotatable bonds is 1. The van der Waals surface area contributed by atoms with Gasteiger partial charge in [-0.2, -0.15) is 0 Å². The van der Waals surface area contributed by atoms with Crippen molar-refractivity contribution in [2.24, 2.45) is 0 Å². The van der Waals surface area contributed by atoms with Gasteiger partial charge in [-0.3, -0.25) is 0 Å². The predicted molar refractivity (Wildman–Crippen MR) is 69.1 cm³/mol. The van der Waals surface area contributed by atoms with Crippen molar-refractivity contribution >= 4 is 67.2 Å². The predicted octanol–water partition coefficient (Wildman–Crippen LogP) is 4.90. The molecule has 2 rings (SSSR count). The van der Waals surface area contributed by atoms with Crippen LogP contribution in [0.4, 0.5) is 0 Å². The van der Waals surface area contributed by atoms with Crippen LogP contribution in [0.2, 0.25) is 4.34 Å². The zero-order chi connectivity index (χ0) is 9.42. The molecule has 0 aliphatic rings. The number of hydrogen-bond donors (Lipinski definition) is 0. The molecule has 2 aromatic rings. The summed E-state index contributed by atoms with van der Waals surface area (Å²) >= 11 is 15.8. The third kappa shape index (κ3) is 1.69. The van der Waals surface area contributed by atoms with Crippen LogP contribution in [0.5, 0.6) is 0 Å². The normalized spacial score (nSPS) is 11.0. The molecule has 0 atom stereocenters. The molecule has 1 heterocycles. The Morgan fingerprint density at radius 2 is 2.15 bits per heavy atom. The lowest BCUT2D eigenvalue weighted by atomic mass is 10.1. The SMILES string of the molecule is ClCc1cccc2sc(Cl)c(I)c12. The quantitative estimate of drug-likeness (QED) is 0.511. The average molecular weight is 343 g/mol. The van der Waals surface area contributed by atoms with Gasteiger partial charge in [0.2, 0.25) is 0 Å². The standard InChI is InChI=1S/C9H5Cl2IS/c10-4-5-2-1-3-6-7(5)8(12)9(11)13-6/h1-3H,4H2. The van der Waals surface area contributed by atoms with Gasteiger partial charge in [-0.15, -0.1) is 22.9 Å². The van der Waals surface area contributed by atoms with Crippen molar-refractivity contribution in [2.75, 3.05) is 0 Å². The van der Waals surface area contributed by atoms with E-state index >= 15 is 0 Å². The number of alkyl halides is 1. The number of benzene rings is 1. The van der Waals surface area contributed by atoms with Crippen LogP contribution in [-0.2, 0) is 5.88 Å². The topological polar surface area (TPSA) is 0 Å². The summed E-state index contributed by atoms with van der Waals surface area (Å²) in [6.07, 6.45) is 0. The maximum Gasteiger partial charge on any atom is 0.107 e. The molecule has 0 fully saturated rings. The average Bonchev–Trinajstić information content (AvgIpc) is 2.43. The van der Waals surface area contributed by atoms with Crippen LogP contribution >= 0.6 is 57.1 Å². The molecule has 1 aromatic carbocycles. The highest BCUT2D eigenvalue weighted by atomic mass is 127. The fourth-order valence-electron chi connectivity index (χ4n) is 1.26. The highest BCUT2D eigenvalue weighted by Crippen LogP contribution is 2.38. The minimum Gasteiger partial charge on any atom is -0.122 e. The molecule has 4 heteroatoms. The molecule has 0 saturated heterocycles. The zero-order valence-electron chi connectivity index (χ0n) is 6.48. The first-order chi connectivity index (χ1) is 6.24. The lowest BCUT2D eigenvalue weighted by Gasteiger charge is -1.97. The summed E-state index contributed by atoms with van der Waals surface area (Å²) in [6, 6.07) is 6.13. The van der Waals surface area contributed by atoms with Crippen LogP contribution in [0.25, 0.3) is 10.1 Å². The Kier molecular flexibility index (Phi) is 3.03. The van der Waals surface area contributed by atoms with Gasteiger partial charge >= 0.3 is 0 Å². The van der Waals surface area contributed by atoms with Crippen LogP contribution in [0.15, 0.2) is 18.2 Å². The molecule has 0 amide bonds. The van der Waals surface area contributed by atoms with Crippen molar-refractivity contribution < 1.29 is 0 Å². The first-order valence-corrected chi connectivity index (χ1v) is 6.46. The van der Waals surface area contributed by atoms with E-state index in [9.17, 15) is 0 Å². The van der Waals surface area contributed by atoms with Crippen LogP contribution in [-0.4, -0.2) is 0 Å². The summed E-state index contributed by atoms with van der Waals surface area (Å²) in [7, 11) is 0. The molecule has 0 N–H and O–H groups in total. The lowest BCUT2D eigenvalue weighted by molar-refractivity contribution is 1.46. The van der Waals surface area contributed by atoms with Crippen molar-refractivity contribution in [1.82, 2.24) is 0 Å². The monoisotopic (exact) mass is 342 g/mol. The zero-order valence-corrected chi connectivity index (χ0v) is 11.0. The molecule has 0 bridgehead atoms. The minimum atomic E-state index is 0.542. The smallest absolute Gasteiger partial charge is 0.107 e. The minimum absolute atomic E-state index is 0.542. The maximum atomic E-state index is 6.05. The van der Waals surface area contributed by atoms with Crippen molar-refractivity contribution in [1.29, 1.82) is 0 Å². The van der Waals surface area contributed by atoms with Crippen molar-refractivity contribution in [3.63, 3.8) is 0 Å². The summed E-state index contributed by atoms with van der Waals surface area (Å²) in [6.45, 7) is 0. The first kappa shape index (κ1) is 10.0. The van der Waals surface area contributed by atoms with Crippen molar-refractivity contribution in [2.45, 2.75) is 5.88 Å². The second kappa shape index (κ2) is 3.93. The second-order valence-electron chi connectivity index (χ2n) is 2.61. The third-order valence-electron chi connectivity index (χ3n) is 1.85. The Labute approximate surface area is 104 Å². The van der Waals surface area contributed by atoms with E-state index in [0.29, 0.717) is 5.88 Å². The molecule has 68 valence electrons. The molecule has 13 heavy (non-hydrogen) atoms. The van der Waals surface area contributed by atoms with E-state index in [1.807, 2.05) is 12.1 Å². The van der Waals surface area contributed by atoms with Gasteiger partial charge in [-0.05, 0) is 34.2 Å². The number of fused-ring (bicyclic) bond motifs is 1. The van der Waals surface area contributed by atoms with E-state index in [-0.39, 0.29) is 0 Å². The number of thiophene rings is 1. The summed E-state index contributed by atoms with van der Waals surface area (Å²) in [5, 5.41) is 1.22. The Bertz CT molecular complexity index is 450. The largest absolute Gasteiger partial charge is 0.122 e. The van der Waals surface area contributed by atoms with Gasteiger partial charge in [0.15, 0.2) is 0 Å². The summed E-state index contributed by atoms with van der Waals surface area (Å²) in [4.78, 5) is 0. The molecule has 0 radical (unpaired) electrons. The van der Waals surface area contributed by atoms with Crippen molar-refractivity contribution in [3.8, 4) is 0 Å². The Balaban J connectivity index is 2.87. The molecule has 0 unspecified atom stereocenters.